The molecule has 0 spiro atoms. The molecule has 31 heavy (non-hydrogen) atoms. The van der Waals surface area contributed by atoms with Crippen LogP contribution in [0.25, 0.3) is 10.9 Å². The normalized spacial score (nSPS) is 14.3. The zero-order valence-corrected chi connectivity index (χ0v) is 16.8. The first kappa shape index (κ1) is 20.5. The van der Waals surface area contributed by atoms with Crippen LogP contribution in [0.2, 0.25) is 0 Å². The molecule has 1 aromatic heterocycles. The summed E-state index contributed by atoms with van der Waals surface area (Å²) in [6.07, 6.45) is 4.16. The van der Waals surface area contributed by atoms with E-state index >= 15 is 0 Å². The number of carbonyl (C=O) groups excluding carboxylic acids is 1. The van der Waals surface area contributed by atoms with Crippen molar-refractivity contribution >= 4 is 28.2 Å². The second-order valence-corrected chi connectivity index (χ2v) is 7.33. The molecule has 10 nitrogen and oxygen atoms in total. The SMILES string of the molecule is O=C(OCn1nnc2ccccc2c1=O)c1ccc(N2CCCCCC2)c([N+](=O)[O-])c1. The van der Waals surface area contributed by atoms with E-state index in [0.717, 1.165) is 43.5 Å². The van der Waals surface area contributed by atoms with Gasteiger partial charge in [-0.1, -0.05) is 30.2 Å². The van der Waals surface area contributed by atoms with Gasteiger partial charge in [-0.15, -0.1) is 5.10 Å². The van der Waals surface area contributed by atoms with Crippen LogP contribution in [0.1, 0.15) is 36.0 Å². The number of carbonyl (C=O) groups is 1. The third kappa shape index (κ3) is 4.37. The maximum absolute atomic E-state index is 12.5. The number of nitro groups is 1. The van der Waals surface area contributed by atoms with E-state index in [1.807, 2.05) is 4.90 Å². The number of anilines is 1. The van der Waals surface area contributed by atoms with Gasteiger partial charge in [0.25, 0.3) is 11.2 Å². The number of fused-ring (bicyclic) bond motifs is 1. The first-order valence-electron chi connectivity index (χ1n) is 10.1. The smallest absolute Gasteiger partial charge is 0.340 e. The van der Waals surface area contributed by atoms with E-state index in [1.54, 1.807) is 30.3 Å². The van der Waals surface area contributed by atoms with Crippen molar-refractivity contribution in [3.63, 3.8) is 0 Å². The van der Waals surface area contributed by atoms with E-state index in [0.29, 0.717) is 16.6 Å². The minimum Gasteiger partial charge on any atom is -0.439 e. The molecule has 2 aromatic carbocycles. The van der Waals surface area contributed by atoms with Crippen molar-refractivity contribution in [2.75, 3.05) is 18.0 Å². The Labute approximate surface area is 177 Å². The van der Waals surface area contributed by atoms with Crippen LogP contribution < -0.4 is 10.5 Å². The Hall–Kier alpha value is -3.82. The summed E-state index contributed by atoms with van der Waals surface area (Å²) >= 11 is 0. The van der Waals surface area contributed by atoms with Gasteiger partial charge in [-0.2, -0.15) is 4.68 Å². The van der Waals surface area contributed by atoms with Crippen LogP contribution in [0, 0.1) is 10.1 Å². The molecule has 0 N–H and O–H groups in total. The van der Waals surface area contributed by atoms with E-state index in [9.17, 15) is 19.7 Å². The number of hydrogen-bond donors (Lipinski definition) is 0. The van der Waals surface area contributed by atoms with Gasteiger partial charge in [-0.05, 0) is 37.1 Å². The largest absolute Gasteiger partial charge is 0.439 e. The third-order valence-electron chi connectivity index (χ3n) is 5.30. The summed E-state index contributed by atoms with van der Waals surface area (Å²) in [5.41, 5.74) is 0.391. The molecule has 0 radical (unpaired) electrons. The fraction of sp³-hybridized carbons (Fsp3) is 0.333. The first-order chi connectivity index (χ1) is 15.0. The van der Waals surface area contributed by atoms with E-state index < -0.39 is 23.2 Å². The lowest BCUT2D eigenvalue weighted by atomic mass is 10.1. The van der Waals surface area contributed by atoms with Crippen molar-refractivity contribution in [1.82, 2.24) is 15.0 Å². The van der Waals surface area contributed by atoms with Crippen molar-refractivity contribution in [3.8, 4) is 0 Å². The van der Waals surface area contributed by atoms with Crippen molar-refractivity contribution in [3.05, 3.63) is 68.5 Å². The van der Waals surface area contributed by atoms with Gasteiger partial charge in [0, 0.05) is 19.2 Å². The Kier molecular flexibility index (Phi) is 5.87. The summed E-state index contributed by atoms with van der Waals surface area (Å²) in [4.78, 5) is 38.1. The highest BCUT2D eigenvalue weighted by atomic mass is 16.6. The number of rotatable bonds is 5. The van der Waals surface area contributed by atoms with Gasteiger partial charge in [0.2, 0.25) is 0 Å². The average Bonchev–Trinajstić information content (AvgIpc) is 3.08. The molecule has 0 unspecified atom stereocenters. The Balaban J connectivity index is 1.53. The van der Waals surface area contributed by atoms with Gasteiger partial charge in [0.15, 0.2) is 6.73 Å². The molecule has 1 aliphatic heterocycles. The Morgan fingerprint density at radius 1 is 1.10 bits per heavy atom. The molecule has 0 saturated carbocycles. The fourth-order valence-electron chi connectivity index (χ4n) is 3.69. The standard InChI is InChI=1S/C21H21N5O5/c27-20-16-7-3-4-8-17(16)22-23-25(20)14-31-21(28)15-9-10-18(19(13-15)26(29)30)24-11-5-1-2-6-12-24/h3-4,7-10,13H,1-2,5-6,11-12,14H2. The number of nitrogens with zero attached hydrogens (tertiary/aromatic N) is 5. The predicted molar refractivity (Wildman–Crippen MR) is 113 cm³/mol. The van der Waals surface area contributed by atoms with E-state index in [1.165, 1.54) is 12.1 Å². The average molecular weight is 423 g/mol. The number of esters is 1. The van der Waals surface area contributed by atoms with Crippen molar-refractivity contribution in [1.29, 1.82) is 0 Å². The predicted octanol–water partition coefficient (Wildman–Crippen LogP) is 2.89. The van der Waals surface area contributed by atoms with Crippen LogP contribution in [0.4, 0.5) is 11.4 Å². The minimum atomic E-state index is -0.785. The maximum atomic E-state index is 12.5. The summed E-state index contributed by atoms with van der Waals surface area (Å²) in [6, 6.07) is 11.0. The lowest BCUT2D eigenvalue weighted by Gasteiger charge is -2.22. The quantitative estimate of drug-likeness (QED) is 0.349. The molecule has 1 fully saturated rings. The van der Waals surface area contributed by atoms with E-state index in [2.05, 4.69) is 10.3 Å². The van der Waals surface area contributed by atoms with Crippen molar-refractivity contribution in [2.24, 2.45) is 0 Å². The highest BCUT2D eigenvalue weighted by molar-refractivity contribution is 5.91. The van der Waals surface area contributed by atoms with Gasteiger partial charge < -0.3 is 9.64 Å². The van der Waals surface area contributed by atoms with Crippen LogP contribution in [0.15, 0.2) is 47.3 Å². The highest BCUT2D eigenvalue weighted by Gasteiger charge is 2.23. The number of ether oxygens (including phenoxy) is 1. The van der Waals surface area contributed by atoms with Crippen LogP contribution in [-0.2, 0) is 11.5 Å². The van der Waals surface area contributed by atoms with E-state index in [4.69, 9.17) is 4.74 Å². The van der Waals surface area contributed by atoms with Gasteiger partial charge in [-0.25, -0.2) is 4.79 Å². The summed E-state index contributed by atoms with van der Waals surface area (Å²) in [7, 11) is 0. The molecule has 10 heteroatoms. The van der Waals surface area contributed by atoms with Crippen LogP contribution in [-0.4, -0.2) is 39.0 Å². The lowest BCUT2D eigenvalue weighted by molar-refractivity contribution is -0.384. The number of nitro benzene ring substituents is 1. The molecular formula is C21H21N5O5. The number of aromatic nitrogens is 3. The molecule has 160 valence electrons. The first-order valence-corrected chi connectivity index (χ1v) is 10.1. The molecule has 0 atom stereocenters. The molecule has 0 bridgehead atoms. The fourth-order valence-corrected chi connectivity index (χ4v) is 3.69. The Morgan fingerprint density at radius 3 is 2.58 bits per heavy atom. The summed E-state index contributed by atoms with van der Waals surface area (Å²) < 4.78 is 6.10. The minimum absolute atomic E-state index is 0.0343. The van der Waals surface area contributed by atoms with E-state index in [-0.39, 0.29) is 11.3 Å². The Morgan fingerprint density at radius 2 is 1.84 bits per heavy atom. The van der Waals surface area contributed by atoms with Gasteiger partial charge in [0.1, 0.15) is 11.2 Å². The van der Waals surface area contributed by atoms with Gasteiger partial charge in [0.05, 0.1) is 15.9 Å². The molecule has 1 saturated heterocycles. The molecular weight excluding hydrogens is 402 g/mol. The van der Waals surface area contributed by atoms with Crippen molar-refractivity contribution in [2.45, 2.75) is 32.4 Å². The molecule has 1 aliphatic rings. The highest BCUT2D eigenvalue weighted by Crippen LogP contribution is 2.31. The van der Waals surface area contributed by atoms with Crippen molar-refractivity contribution < 1.29 is 14.5 Å². The summed E-state index contributed by atoms with van der Waals surface area (Å²) in [6.45, 7) is 1.04. The second kappa shape index (κ2) is 8.90. The van der Waals surface area contributed by atoms with Crippen LogP contribution in [0.3, 0.4) is 0 Å². The number of benzene rings is 2. The second-order valence-electron chi connectivity index (χ2n) is 7.33. The molecule has 0 aliphatic carbocycles. The van der Waals surface area contributed by atoms with Crippen LogP contribution in [0.5, 0.6) is 0 Å². The molecule has 0 amide bonds. The topological polar surface area (TPSA) is 120 Å². The van der Waals surface area contributed by atoms with Crippen LogP contribution >= 0.6 is 0 Å². The summed E-state index contributed by atoms with van der Waals surface area (Å²) in [5, 5.41) is 19.7. The number of hydrogen-bond acceptors (Lipinski definition) is 8. The maximum Gasteiger partial charge on any atom is 0.340 e. The van der Waals surface area contributed by atoms with Gasteiger partial charge in [-0.3, -0.25) is 14.9 Å². The zero-order chi connectivity index (χ0) is 21.8. The Bertz CT molecular complexity index is 1180. The van der Waals surface area contributed by atoms with Gasteiger partial charge >= 0.3 is 5.97 Å². The third-order valence-corrected chi connectivity index (χ3v) is 5.30. The molecule has 3 aromatic rings. The summed E-state index contributed by atoms with van der Waals surface area (Å²) in [5.74, 6) is -0.785. The molecule has 4 rings (SSSR count). The monoisotopic (exact) mass is 423 g/mol. The molecule has 2 heterocycles. The zero-order valence-electron chi connectivity index (χ0n) is 16.8. The lowest BCUT2D eigenvalue weighted by Crippen LogP contribution is -2.27.